The lowest BCUT2D eigenvalue weighted by Crippen LogP contribution is -2.48. The van der Waals surface area contributed by atoms with Crippen LogP contribution in [-0.2, 0) is 32.5 Å². The fourth-order valence-corrected chi connectivity index (χ4v) is 4.71. The van der Waals surface area contributed by atoms with Gasteiger partial charge < -0.3 is 4.74 Å². The van der Waals surface area contributed by atoms with Gasteiger partial charge in [0.15, 0.2) is 0 Å². The largest absolute Gasteiger partial charge is 0.468 e. The number of nitrogens with zero attached hydrogens (tertiary/aromatic N) is 1. The minimum Gasteiger partial charge on any atom is -0.468 e. The van der Waals surface area contributed by atoms with Crippen LogP contribution in [0, 0.1) is 0 Å². The Morgan fingerprint density at radius 3 is 2.54 bits per heavy atom. The van der Waals surface area contributed by atoms with Gasteiger partial charge in [0.2, 0.25) is 10.0 Å². The molecule has 2 aromatic rings. The van der Waals surface area contributed by atoms with Gasteiger partial charge in [0, 0.05) is 18.0 Å². The zero-order valence-corrected chi connectivity index (χ0v) is 14.5. The number of carbonyl (C=O) groups excluding carboxylic acids is 1. The number of sulfonamides is 1. The van der Waals surface area contributed by atoms with Crippen LogP contribution in [0.1, 0.15) is 11.1 Å². The van der Waals surface area contributed by atoms with E-state index in [-0.39, 0.29) is 17.9 Å². The summed E-state index contributed by atoms with van der Waals surface area (Å²) in [4.78, 5) is 12.2. The summed E-state index contributed by atoms with van der Waals surface area (Å²) in [5.41, 5.74) is 1.83. The molecule has 126 valence electrons. The molecule has 3 rings (SSSR count). The van der Waals surface area contributed by atoms with Crippen molar-refractivity contribution in [1.29, 1.82) is 0 Å². The quantitative estimate of drug-likeness (QED) is 0.784. The van der Waals surface area contributed by atoms with Crippen LogP contribution >= 0.6 is 11.6 Å². The minimum absolute atomic E-state index is 0.0586. The Labute approximate surface area is 145 Å². The second-order valence-electron chi connectivity index (χ2n) is 5.52. The summed E-state index contributed by atoms with van der Waals surface area (Å²) in [7, 11) is -2.63. The molecular formula is C17H16ClNO4S. The maximum Gasteiger partial charge on any atom is 0.324 e. The number of esters is 1. The van der Waals surface area contributed by atoms with Crippen molar-refractivity contribution in [3.05, 3.63) is 64.7 Å². The number of methoxy groups -OCH3 is 1. The molecule has 1 heterocycles. The topological polar surface area (TPSA) is 63.7 Å². The van der Waals surface area contributed by atoms with Crippen molar-refractivity contribution in [2.45, 2.75) is 23.9 Å². The SMILES string of the molecule is COC(=O)[C@@H]1Cc2ccccc2CN1S(=O)(=O)c1cccc(Cl)c1. The van der Waals surface area contributed by atoms with Gasteiger partial charge in [-0.05, 0) is 29.3 Å². The number of ether oxygens (including phenoxy) is 1. The van der Waals surface area contributed by atoms with Crippen molar-refractivity contribution < 1.29 is 17.9 Å². The average molecular weight is 366 g/mol. The highest BCUT2D eigenvalue weighted by Crippen LogP contribution is 2.30. The van der Waals surface area contributed by atoms with E-state index >= 15 is 0 Å². The first-order chi connectivity index (χ1) is 11.4. The Morgan fingerprint density at radius 1 is 1.17 bits per heavy atom. The van der Waals surface area contributed by atoms with Crippen molar-refractivity contribution >= 4 is 27.6 Å². The summed E-state index contributed by atoms with van der Waals surface area (Å²) in [6.07, 6.45) is 0.280. The molecule has 1 atom stereocenters. The molecule has 24 heavy (non-hydrogen) atoms. The maximum atomic E-state index is 13.0. The number of benzene rings is 2. The van der Waals surface area contributed by atoms with Crippen molar-refractivity contribution in [1.82, 2.24) is 4.31 Å². The van der Waals surface area contributed by atoms with Gasteiger partial charge in [-0.15, -0.1) is 0 Å². The molecule has 5 nitrogen and oxygen atoms in total. The van der Waals surface area contributed by atoms with Crippen LogP contribution in [0.25, 0.3) is 0 Å². The van der Waals surface area contributed by atoms with E-state index < -0.39 is 22.0 Å². The lowest BCUT2D eigenvalue weighted by atomic mass is 9.96. The molecule has 0 amide bonds. The summed E-state index contributed by atoms with van der Waals surface area (Å²) in [5.74, 6) is -0.574. The average Bonchev–Trinajstić information content (AvgIpc) is 2.60. The Morgan fingerprint density at radius 2 is 1.88 bits per heavy atom. The van der Waals surface area contributed by atoms with Crippen LogP contribution in [0.15, 0.2) is 53.4 Å². The zero-order chi connectivity index (χ0) is 17.3. The zero-order valence-electron chi connectivity index (χ0n) is 13.0. The summed E-state index contributed by atoms with van der Waals surface area (Å²) in [5, 5.41) is 0.322. The van der Waals surface area contributed by atoms with Crippen molar-refractivity contribution in [3.63, 3.8) is 0 Å². The number of fused-ring (bicyclic) bond motifs is 1. The Hall–Kier alpha value is -1.89. The molecule has 1 aliphatic heterocycles. The smallest absolute Gasteiger partial charge is 0.324 e. The first kappa shape index (κ1) is 17.0. The number of rotatable bonds is 3. The van der Waals surface area contributed by atoms with Crippen molar-refractivity contribution in [3.8, 4) is 0 Å². The molecule has 0 saturated heterocycles. The van der Waals surface area contributed by atoms with E-state index in [1.165, 1.54) is 23.5 Å². The van der Waals surface area contributed by atoms with Crippen molar-refractivity contribution in [2.75, 3.05) is 7.11 Å². The third kappa shape index (κ3) is 3.05. The second-order valence-corrected chi connectivity index (χ2v) is 7.85. The summed E-state index contributed by atoms with van der Waals surface area (Å²) < 4.78 is 32.1. The van der Waals surface area contributed by atoms with E-state index in [0.717, 1.165) is 11.1 Å². The molecular weight excluding hydrogens is 350 g/mol. The second kappa shape index (κ2) is 6.55. The predicted octanol–water partition coefficient (Wildman–Crippen LogP) is 2.63. The highest BCUT2D eigenvalue weighted by molar-refractivity contribution is 7.89. The number of hydrogen-bond acceptors (Lipinski definition) is 4. The molecule has 0 fully saturated rings. The molecule has 0 saturated carbocycles. The van der Waals surface area contributed by atoms with Crippen molar-refractivity contribution in [2.24, 2.45) is 0 Å². The van der Waals surface area contributed by atoms with Crippen LogP contribution in [0.3, 0.4) is 0 Å². The van der Waals surface area contributed by atoms with Gasteiger partial charge in [0.05, 0.1) is 12.0 Å². The van der Waals surface area contributed by atoms with Gasteiger partial charge in [-0.3, -0.25) is 4.79 Å². The Kier molecular flexibility index (Phi) is 4.62. The maximum absolute atomic E-state index is 13.0. The molecule has 7 heteroatoms. The van der Waals surface area contributed by atoms with Crippen LogP contribution in [0.4, 0.5) is 0 Å². The third-order valence-corrected chi connectivity index (χ3v) is 6.17. The molecule has 0 radical (unpaired) electrons. The Bertz CT molecular complexity index is 882. The van der Waals surface area contributed by atoms with E-state index in [9.17, 15) is 13.2 Å². The molecule has 0 spiro atoms. The van der Waals surface area contributed by atoms with Gasteiger partial charge in [0.25, 0.3) is 0 Å². The molecule has 0 aromatic heterocycles. The van der Waals surface area contributed by atoms with E-state index in [2.05, 4.69) is 0 Å². The molecule has 0 aliphatic carbocycles. The first-order valence-corrected chi connectivity index (χ1v) is 9.17. The summed E-state index contributed by atoms with van der Waals surface area (Å²) in [6.45, 7) is 0.116. The number of halogens is 1. The van der Waals surface area contributed by atoms with E-state index in [1.807, 2.05) is 24.3 Å². The van der Waals surface area contributed by atoms with Gasteiger partial charge in [-0.2, -0.15) is 4.31 Å². The molecule has 0 unspecified atom stereocenters. The molecule has 0 N–H and O–H groups in total. The van der Waals surface area contributed by atoms with Crippen LogP contribution in [0.2, 0.25) is 5.02 Å². The molecule has 2 aromatic carbocycles. The highest BCUT2D eigenvalue weighted by Gasteiger charge is 2.40. The third-order valence-electron chi connectivity index (χ3n) is 4.08. The van der Waals surface area contributed by atoms with Crippen LogP contribution < -0.4 is 0 Å². The van der Waals surface area contributed by atoms with Gasteiger partial charge in [0.1, 0.15) is 6.04 Å². The Balaban J connectivity index is 2.07. The monoisotopic (exact) mass is 365 g/mol. The summed E-state index contributed by atoms with van der Waals surface area (Å²) >= 11 is 5.92. The summed E-state index contributed by atoms with van der Waals surface area (Å²) in [6, 6.07) is 12.6. The van der Waals surface area contributed by atoms with Gasteiger partial charge >= 0.3 is 5.97 Å². The van der Waals surface area contributed by atoms with E-state index in [0.29, 0.717) is 5.02 Å². The van der Waals surface area contributed by atoms with E-state index in [4.69, 9.17) is 16.3 Å². The van der Waals surface area contributed by atoms with E-state index in [1.54, 1.807) is 12.1 Å². The fourth-order valence-electron chi connectivity index (χ4n) is 2.85. The standard InChI is InChI=1S/C17H16ClNO4S/c1-23-17(20)16-9-12-5-2-3-6-13(12)11-19(16)24(21,22)15-8-4-7-14(18)10-15/h2-8,10,16H,9,11H2,1H3/t16-/m0/s1. The normalized spacial score (nSPS) is 18.0. The highest BCUT2D eigenvalue weighted by atomic mass is 35.5. The van der Waals surface area contributed by atoms with Crippen LogP contribution in [0.5, 0.6) is 0 Å². The van der Waals surface area contributed by atoms with Gasteiger partial charge in [-0.25, -0.2) is 8.42 Å². The fraction of sp³-hybridized carbons (Fsp3) is 0.235. The lowest BCUT2D eigenvalue weighted by molar-refractivity contribution is -0.145. The number of carbonyl (C=O) groups is 1. The molecule has 0 bridgehead atoms. The predicted molar refractivity (Wildman–Crippen MR) is 90.1 cm³/mol. The lowest BCUT2D eigenvalue weighted by Gasteiger charge is -2.34. The first-order valence-electron chi connectivity index (χ1n) is 7.35. The minimum atomic E-state index is -3.88. The van der Waals surface area contributed by atoms with Gasteiger partial charge in [-0.1, -0.05) is 41.9 Å². The molecule has 1 aliphatic rings. The number of hydrogen-bond donors (Lipinski definition) is 0. The van der Waals surface area contributed by atoms with Crippen LogP contribution in [-0.4, -0.2) is 31.8 Å².